The van der Waals surface area contributed by atoms with Gasteiger partial charge in [-0.15, -0.1) is 0 Å². The minimum absolute atomic E-state index is 0.0180. The van der Waals surface area contributed by atoms with Gasteiger partial charge >= 0.3 is 0 Å². The van der Waals surface area contributed by atoms with Gasteiger partial charge in [-0.1, -0.05) is 6.07 Å². The predicted octanol–water partition coefficient (Wildman–Crippen LogP) is 1.81. The Morgan fingerprint density at radius 2 is 2.27 bits per heavy atom. The molecule has 2 rings (SSSR count). The van der Waals surface area contributed by atoms with E-state index in [1.54, 1.807) is 6.07 Å². The molecule has 1 fully saturated rings. The number of rotatable bonds is 3. The van der Waals surface area contributed by atoms with E-state index in [0.29, 0.717) is 19.0 Å². The first-order chi connectivity index (χ1) is 7.18. The van der Waals surface area contributed by atoms with Crippen molar-refractivity contribution in [3.8, 4) is 5.75 Å². The van der Waals surface area contributed by atoms with Gasteiger partial charge in [0, 0.05) is 0 Å². The van der Waals surface area contributed by atoms with Crippen LogP contribution in [0.25, 0.3) is 0 Å². The van der Waals surface area contributed by atoms with Crippen LogP contribution in [0.15, 0.2) is 18.2 Å². The highest BCUT2D eigenvalue weighted by Crippen LogP contribution is 2.24. The molecule has 0 atom stereocenters. The van der Waals surface area contributed by atoms with Crippen molar-refractivity contribution in [1.29, 1.82) is 0 Å². The zero-order valence-electron chi connectivity index (χ0n) is 8.33. The Labute approximate surface area is 86.8 Å². The maximum Gasteiger partial charge on any atom is 0.166 e. The van der Waals surface area contributed by atoms with Crippen LogP contribution in [-0.4, -0.2) is 25.1 Å². The van der Waals surface area contributed by atoms with E-state index in [-0.39, 0.29) is 17.5 Å². The molecule has 0 spiro atoms. The predicted molar refractivity (Wildman–Crippen MR) is 51.6 cm³/mol. The number of halogens is 1. The quantitative estimate of drug-likeness (QED) is 0.714. The van der Waals surface area contributed by atoms with Gasteiger partial charge in [-0.3, -0.25) is 4.79 Å². The van der Waals surface area contributed by atoms with Gasteiger partial charge in [-0.05, 0) is 19.1 Å². The van der Waals surface area contributed by atoms with E-state index >= 15 is 0 Å². The Balaban J connectivity index is 2.27. The molecular formula is C11H11FO3. The van der Waals surface area contributed by atoms with E-state index in [9.17, 15) is 9.18 Å². The number of benzene rings is 1. The van der Waals surface area contributed by atoms with Gasteiger partial charge in [0.25, 0.3) is 0 Å². The molecule has 0 amide bonds. The van der Waals surface area contributed by atoms with Crippen LogP contribution < -0.4 is 4.74 Å². The van der Waals surface area contributed by atoms with Crippen LogP contribution in [0.3, 0.4) is 0 Å². The largest absolute Gasteiger partial charge is 0.485 e. The highest BCUT2D eigenvalue weighted by molar-refractivity contribution is 5.97. The maximum atomic E-state index is 13.3. The van der Waals surface area contributed by atoms with Gasteiger partial charge in [-0.2, -0.15) is 0 Å². The Morgan fingerprint density at radius 3 is 2.80 bits per heavy atom. The molecule has 1 aromatic rings. The van der Waals surface area contributed by atoms with Gasteiger partial charge in [0.2, 0.25) is 0 Å². The number of hydrogen-bond acceptors (Lipinski definition) is 3. The lowest BCUT2D eigenvalue weighted by Gasteiger charge is -2.27. The topological polar surface area (TPSA) is 35.5 Å². The molecule has 15 heavy (non-hydrogen) atoms. The summed E-state index contributed by atoms with van der Waals surface area (Å²) in [6, 6.07) is 4.37. The van der Waals surface area contributed by atoms with Crippen LogP contribution in [0.5, 0.6) is 5.75 Å². The molecule has 0 aliphatic carbocycles. The van der Waals surface area contributed by atoms with E-state index in [2.05, 4.69) is 0 Å². The SMILES string of the molecule is CC(=O)c1c(F)cccc1OC1COC1. The number of carbonyl (C=O) groups is 1. The zero-order chi connectivity index (χ0) is 10.8. The number of ether oxygens (including phenoxy) is 2. The summed E-state index contributed by atoms with van der Waals surface area (Å²) < 4.78 is 23.7. The third-order valence-corrected chi connectivity index (χ3v) is 2.23. The third-order valence-electron chi connectivity index (χ3n) is 2.23. The molecule has 0 saturated carbocycles. The highest BCUT2D eigenvalue weighted by Gasteiger charge is 2.23. The van der Waals surface area contributed by atoms with Crippen LogP contribution in [0.2, 0.25) is 0 Å². The summed E-state index contributed by atoms with van der Waals surface area (Å²) in [6.45, 7) is 2.31. The summed E-state index contributed by atoms with van der Waals surface area (Å²) >= 11 is 0. The first kappa shape index (κ1) is 10.1. The van der Waals surface area contributed by atoms with Crippen LogP contribution >= 0.6 is 0 Å². The van der Waals surface area contributed by atoms with E-state index < -0.39 is 5.82 Å². The van der Waals surface area contributed by atoms with Crippen molar-refractivity contribution in [3.05, 3.63) is 29.6 Å². The van der Waals surface area contributed by atoms with Crippen LogP contribution in [0, 0.1) is 5.82 Å². The molecule has 0 bridgehead atoms. The monoisotopic (exact) mass is 210 g/mol. The van der Waals surface area contributed by atoms with Crippen LogP contribution in [0.4, 0.5) is 4.39 Å². The number of hydrogen-bond donors (Lipinski definition) is 0. The lowest BCUT2D eigenvalue weighted by molar-refractivity contribution is -0.0799. The Kier molecular flexibility index (Phi) is 2.68. The average molecular weight is 210 g/mol. The number of Topliss-reactive ketones (excluding diaryl/α,β-unsaturated/α-hetero) is 1. The van der Waals surface area contributed by atoms with Crippen molar-refractivity contribution in [1.82, 2.24) is 0 Å². The Hall–Kier alpha value is -1.42. The minimum atomic E-state index is -0.541. The van der Waals surface area contributed by atoms with Gasteiger partial charge < -0.3 is 9.47 Å². The first-order valence-electron chi connectivity index (χ1n) is 4.72. The van der Waals surface area contributed by atoms with Gasteiger partial charge in [0.05, 0.1) is 18.8 Å². The number of carbonyl (C=O) groups excluding carboxylic acids is 1. The smallest absolute Gasteiger partial charge is 0.166 e. The fourth-order valence-electron chi connectivity index (χ4n) is 1.41. The van der Waals surface area contributed by atoms with E-state index in [4.69, 9.17) is 9.47 Å². The Morgan fingerprint density at radius 1 is 1.53 bits per heavy atom. The lowest BCUT2D eigenvalue weighted by atomic mass is 10.1. The molecule has 80 valence electrons. The third kappa shape index (κ3) is 1.99. The van der Waals surface area contributed by atoms with Crippen molar-refractivity contribution < 1.29 is 18.7 Å². The summed E-state index contributed by atoms with van der Waals surface area (Å²) in [5.41, 5.74) is 0.0180. The standard InChI is InChI=1S/C11H11FO3/c1-7(13)11-9(12)3-2-4-10(11)15-8-5-14-6-8/h2-4,8H,5-6H2,1H3. The molecule has 0 aromatic heterocycles. The summed E-state index contributed by atoms with van der Waals surface area (Å²) in [6.07, 6.45) is -0.0649. The summed E-state index contributed by atoms with van der Waals surface area (Å²) in [5.74, 6) is -0.570. The van der Waals surface area contributed by atoms with E-state index in [1.165, 1.54) is 19.1 Å². The molecule has 3 nitrogen and oxygen atoms in total. The summed E-state index contributed by atoms with van der Waals surface area (Å²) in [4.78, 5) is 11.2. The second kappa shape index (κ2) is 3.98. The second-order valence-corrected chi connectivity index (χ2v) is 3.45. The molecule has 0 radical (unpaired) electrons. The normalized spacial score (nSPS) is 15.9. The van der Waals surface area contributed by atoms with Gasteiger partial charge in [-0.25, -0.2) is 4.39 Å². The van der Waals surface area contributed by atoms with E-state index in [1.807, 2.05) is 0 Å². The fourth-order valence-corrected chi connectivity index (χ4v) is 1.41. The molecule has 1 aliphatic heterocycles. The van der Waals surface area contributed by atoms with Crippen molar-refractivity contribution in [3.63, 3.8) is 0 Å². The van der Waals surface area contributed by atoms with Crippen molar-refractivity contribution >= 4 is 5.78 Å². The zero-order valence-corrected chi connectivity index (χ0v) is 8.33. The lowest BCUT2D eigenvalue weighted by Crippen LogP contribution is -2.38. The van der Waals surface area contributed by atoms with Gasteiger partial charge in [0.1, 0.15) is 17.7 Å². The molecule has 1 heterocycles. The summed E-state index contributed by atoms with van der Waals surface area (Å²) in [7, 11) is 0. The molecule has 0 N–H and O–H groups in total. The van der Waals surface area contributed by atoms with E-state index in [0.717, 1.165) is 0 Å². The fraction of sp³-hybridized carbons (Fsp3) is 0.364. The van der Waals surface area contributed by atoms with Crippen molar-refractivity contribution in [2.45, 2.75) is 13.0 Å². The second-order valence-electron chi connectivity index (χ2n) is 3.45. The van der Waals surface area contributed by atoms with Crippen molar-refractivity contribution in [2.24, 2.45) is 0 Å². The number of ketones is 1. The maximum absolute atomic E-state index is 13.3. The highest BCUT2D eigenvalue weighted by atomic mass is 19.1. The molecular weight excluding hydrogens is 199 g/mol. The first-order valence-corrected chi connectivity index (χ1v) is 4.72. The molecule has 1 aromatic carbocycles. The average Bonchev–Trinajstić information content (AvgIpc) is 2.10. The van der Waals surface area contributed by atoms with Gasteiger partial charge in [0.15, 0.2) is 5.78 Å². The Bertz CT molecular complexity index is 385. The molecule has 1 aliphatic rings. The van der Waals surface area contributed by atoms with Crippen LogP contribution in [-0.2, 0) is 4.74 Å². The van der Waals surface area contributed by atoms with Crippen molar-refractivity contribution in [2.75, 3.05) is 13.2 Å². The molecule has 4 heteroatoms. The molecule has 1 saturated heterocycles. The minimum Gasteiger partial charge on any atom is -0.485 e. The van der Waals surface area contributed by atoms with Crippen LogP contribution in [0.1, 0.15) is 17.3 Å². The summed E-state index contributed by atoms with van der Waals surface area (Å²) in [5, 5.41) is 0. The molecule has 0 unspecified atom stereocenters.